The SMILES string of the molecule is CC(NC(=O)C1CCCC1C(=O)O)c1ccccc1F. The molecule has 1 fully saturated rings. The van der Waals surface area contributed by atoms with Crippen LogP contribution in [0.3, 0.4) is 0 Å². The van der Waals surface area contributed by atoms with Gasteiger partial charge in [-0.25, -0.2) is 4.39 Å². The molecule has 20 heavy (non-hydrogen) atoms. The fourth-order valence-corrected chi connectivity index (χ4v) is 2.79. The predicted octanol–water partition coefficient (Wildman–Crippen LogP) is 2.50. The van der Waals surface area contributed by atoms with E-state index in [1.807, 2.05) is 0 Å². The van der Waals surface area contributed by atoms with E-state index in [1.165, 1.54) is 6.07 Å². The van der Waals surface area contributed by atoms with Gasteiger partial charge in [0.2, 0.25) is 5.91 Å². The van der Waals surface area contributed by atoms with E-state index >= 15 is 0 Å². The van der Waals surface area contributed by atoms with Gasteiger partial charge in [0.05, 0.1) is 17.9 Å². The van der Waals surface area contributed by atoms with Crippen LogP contribution in [0.4, 0.5) is 4.39 Å². The van der Waals surface area contributed by atoms with Crippen LogP contribution in [0, 0.1) is 17.7 Å². The Hall–Kier alpha value is -1.91. The molecule has 0 radical (unpaired) electrons. The van der Waals surface area contributed by atoms with E-state index in [-0.39, 0.29) is 11.7 Å². The molecule has 5 heteroatoms. The van der Waals surface area contributed by atoms with E-state index in [4.69, 9.17) is 5.11 Å². The summed E-state index contributed by atoms with van der Waals surface area (Å²) in [5.74, 6) is -2.74. The zero-order chi connectivity index (χ0) is 14.7. The molecule has 1 amide bonds. The Morgan fingerprint density at radius 2 is 1.95 bits per heavy atom. The first-order valence-corrected chi connectivity index (χ1v) is 6.78. The molecule has 1 saturated carbocycles. The molecule has 1 aromatic carbocycles. The maximum absolute atomic E-state index is 13.6. The molecule has 1 aromatic rings. The summed E-state index contributed by atoms with van der Waals surface area (Å²) in [7, 11) is 0. The van der Waals surface area contributed by atoms with Gasteiger partial charge in [0.15, 0.2) is 0 Å². The lowest BCUT2D eigenvalue weighted by Crippen LogP contribution is -2.36. The van der Waals surface area contributed by atoms with E-state index in [0.717, 1.165) is 6.42 Å². The first kappa shape index (κ1) is 14.5. The highest BCUT2D eigenvalue weighted by atomic mass is 19.1. The molecule has 0 aliphatic heterocycles. The summed E-state index contributed by atoms with van der Waals surface area (Å²) < 4.78 is 13.6. The normalized spacial score (nSPS) is 23.3. The van der Waals surface area contributed by atoms with Crippen LogP contribution in [-0.4, -0.2) is 17.0 Å². The molecule has 1 aliphatic rings. The molecule has 0 heterocycles. The van der Waals surface area contributed by atoms with Crippen LogP contribution < -0.4 is 5.32 Å². The van der Waals surface area contributed by atoms with Gasteiger partial charge >= 0.3 is 5.97 Å². The summed E-state index contributed by atoms with van der Waals surface area (Å²) in [5, 5.41) is 11.8. The molecule has 3 unspecified atom stereocenters. The van der Waals surface area contributed by atoms with Gasteiger partial charge in [-0.1, -0.05) is 24.6 Å². The average Bonchev–Trinajstić information content (AvgIpc) is 2.88. The van der Waals surface area contributed by atoms with Gasteiger partial charge in [-0.3, -0.25) is 9.59 Å². The monoisotopic (exact) mass is 279 g/mol. The Labute approximate surface area is 117 Å². The molecule has 108 valence electrons. The van der Waals surface area contributed by atoms with Crippen molar-refractivity contribution < 1.29 is 19.1 Å². The van der Waals surface area contributed by atoms with Crippen molar-refractivity contribution in [3.05, 3.63) is 35.6 Å². The third-order valence-corrected chi connectivity index (χ3v) is 3.90. The van der Waals surface area contributed by atoms with Crippen LogP contribution >= 0.6 is 0 Å². The van der Waals surface area contributed by atoms with Crippen molar-refractivity contribution in [1.82, 2.24) is 5.32 Å². The Morgan fingerprint density at radius 1 is 1.30 bits per heavy atom. The third-order valence-electron chi connectivity index (χ3n) is 3.90. The number of nitrogens with one attached hydrogen (secondary N) is 1. The van der Waals surface area contributed by atoms with E-state index < -0.39 is 23.8 Å². The van der Waals surface area contributed by atoms with Crippen molar-refractivity contribution >= 4 is 11.9 Å². The fraction of sp³-hybridized carbons (Fsp3) is 0.467. The third kappa shape index (κ3) is 2.98. The molecule has 0 saturated heterocycles. The highest BCUT2D eigenvalue weighted by Crippen LogP contribution is 2.32. The number of amides is 1. The van der Waals surface area contributed by atoms with Gasteiger partial charge in [-0.15, -0.1) is 0 Å². The van der Waals surface area contributed by atoms with Crippen LogP contribution in [-0.2, 0) is 9.59 Å². The predicted molar refractivity (Wildman–Crippen MR) is 71.4 cm³/mol. The van der Waals surface area contributed by atoms with Crippen LogP contribution in [0.1, 0.15) is 37.8 Å². The standard InChI is InChI=1S/C15H18FNO3/c1-9(10-5-2-3-8-13(10)16)17-14(18)11-6-4-7-12(11)15(19)20/h2-3,5,8-9,11-12H,4,6-7H2,1H3,(H,17,18)(H,19,20). The molecular formula is C15H18FNO3. The smallest absolute Gasteiger partial charge is 0.307 e. The molecular weight excluding hydrogens is 261 g/mol. The van der Waals surface area contributed by atoms with Gasteiger partial charge < -0.3 is 10.4 Å². The number of carboxylic acid groups (broad SMARTS) is 1. The molecule has 0 bridgehead atoms. The molecule has 4 nitrogen and oxygen atoms in total. The Balaban J connectivity index is 2.04. The quantitative estimate of drug-likeness (QED) is 0.890. The number of carbonyl (C=O) groups is 2. The minimum Gasteiger partial charge on any atom is -0.481 e. The zero-order valence-electron chi connectivity index (χ0n) is 11.3. The second kappa shape index (κ2) is 6.03. The van der Waals surface area contributed by atoms with Crippen LogP contribution in [0.25, 0.3) is 0 Å². The Kier molecular flexibility index (Phi) is 4.37. The van der Waals surface area contributed by atoms with Gasteiger partial charge in [-0.2, -0.15) is 0 Å². The van der Waals surface area contributed by atoms with Crippen molar-refractivity contribution in [1.29, 1.82) is 0 Å². The molecule has 0 aromatic heterocycles. The van der Waals surface area contributed by atoms with Crippen LogP contribution in [0.5, 0.6) is 0 Å². The number of rotatable bonds is 4. The lowest BCUT2D eigenvalue weighted by atomic mass is 9.94. The summed E-state index contributed by atoms with van der Waals surface area (Å²) in [6.07, 6.45) is 1.84. The Bertz CT molecular complexity index is 518. The maximum Gasteiger partial charge on any atom is 0.307 e. The number of carboxylic acids is 1. The van der Waals surface area contributed by atoms with Crippen molar-refractivity contribution in [2.45, 2.75) is 32.2 Å². The van der Waals surface area contributed by atoms with E-state index in [0.29, 0.717) is 18.4 Å². The van der Waals surface area contributed by atoms with Gasteiger partial charge in [0.25, 0.3) is 0 Å². The molecule has 2 N–H and O–H groups in total. The zero-order valence-corrected chi connectivity index (χ0v) is 11.3. The van der Waals surface area contributed by atoms with E-state index in [2.05, 4.69) is 5.32 Å². The average molecular weight is 279 g/mol. The Morgan fingerprint density at radius 3 is 2.60 bits per heavy atom. The number of aliphatic carboxylic acids is 1. The van der Waals surface area contributed by atoms with E-state index in [9.17, 15) is 14.0 Å². The van der Waals surface area contributed by atoms with Gasteiger partial charge in [0.1, 0.15) is 5.82 Å². The fourth-order valence-electron chi connectivity index (χ4n) is 2.79. The second-order valence-electron chi connectivity index (χ2n) is 5.23. The lowest BCUT2D eigenvalue weighted by molar-refractivity contribution is -0.146. The minimum atomic E-state index is -0.929. The highest BCUT2D eigenvalue weighted by molar-refractivity contribution is 5.85. The summed E-state index contributed by atoms with van der Waals surface area (Å²) >= 11 is 0. The molecule has 3 atom stereocenters. The molecule has 2 rings (SSSR count). The van der Waals surface area contributed by atoms with Crippen LogP contribution in [0.2, 0.25) is 0 Å². The highest BCUT2D eigenvalue weighted by Gasteiger charge is 2.38. The van der Waals surface area contributed by atoms with Crippen molar-refractivity contribution in [2.24, 2.45) is 11.8 Å². The number of hydrogen-bond acceptors (Lipinski definition) is 2. The van der Waals surface area contributed by atoms with Crippen molar-refractivity contribution in [3.8, 4) is 0 Å². The topological polar surface area (TPSA) is 66.4 Å². The minimum absolute atomic E-state index is 0.300. The number of halogens is 1. The van der Waals surface area contributed by atoms with Gasteiger partial charge in [-0.05, 0) is 25.8 Å². The van der Waals surface area contributed by atoms with Crippen molar-refractivity contribution in [2.75, 3.05) is 0 Å². The molecule has 0 spiro atoms. The maximum atomic E-state index is 13.6. The lowest BCUT2D eigenvalue weighted by Gasteiger charge is -2.20. The van der Waals surface area contributed by atoms with Gasteiger partial charge in [0, 0.05) is 5.56 Å². The summed E-state index contributed by atoms with van der Waals surface area (Å²) in [6, 6.07) is 5.78. The van der Waals surface area contributed by atoms with Crippen molar-refractivity contribution in [3.63, 3.8) is 0 Å². The van der Waals surface area contributed by atoms with Crippen LogP contribution in [0.15, 0.2) is 24.3 Å². The largest absolute Gasteiger partial charge is 0.481 e. The first-order chi connectivity index (χ1) is 9.50. The number of hydrogen-bond donors (Lipinski definition) is 2. The summed E-state index contributed by atoms with van der Waals surface area (Å²) in [5.41, 5.74) is 0.408. The molecule has 1 aliphatic carbocycles. The summed E-state index contributed by atoms with van der Waals surface area (Å²) in [6.45, 7) is 1.70. The summed E-state index contributed by atoms with van der Waals surface area (Å²) in [4.78, 5) is 23.2. The number of carbonyl (C=O) groups excluding carboxylic acids is 1. The van der Waals surface area contributed by atoms with E-state index in [1.54, 1.807) is 25.1 Å². The number of benzene rings is 1. The first-order valence-electron chi connectivity index (χ1n) is 6.78. The second-order valence-corrected chi connectivity index (χ2v) is 5.23.